The van der Waals surface area contributed by atoms with Crippen molar-refractivity contribution < 1.29 is 44.3 Å². The first kappa shape index (κ1) is 44.4. The quantitative estimate of drug-likeness (QED) is 0.0387. The molecule has 0 saturated heterocycles. The molecule has 0 fully saturated rings. The van der Waals surface area contributed by atoms with Crippen LogP contribution in [0.5, 0.6) is 0 Å². The third-order valence-electron chi connectivity index (χ3n) is 7.42. The molecule has 13 heteroatoms. The van der Waals surface area contributed by atoms with Gasteiger partial charge < -0.3 is 40.1 Å². The normalized spacial score (nSPS) is 12.3. The molecule has 0 aliphatic carbocycles. The summed E-state index contributed by atoms with van der Waals surface area (Å²) in [5.74, 6) is -0.488. The third-order valence-corrected chi connectivity index (χ3v) is 7.42. The average Bonchev–Trinajstić information content (AvgIpc) is 3.04. The Balaban J connectivity index is 4.03. The van der Waals surface area contributed by atoms with Gasteiger partial charge in [-0.25, -0.2) is 0 Å². The zero-order valence-corrected chi connectivity index (χ0v) is 28.6. The molecule has 0 spiro atoms. The van der Waals surface area contributed by atoms with Crippen LogP contribution in [0.4, 0.5) is 0 Å². The molecule has 0 rings (SSSR count). The second kappa shape index (κ2) is 31.9. The largest absolute Gasteiger partial charge is 0.461 e. The maximum atomic E-state index is 12.2. The molecule has 13 nitrogen and oxygen atoms in total. The number of allylic oxidation sites excluding steroid dienone is 3. The van der Waals surface area contributed by atoms with E-state index in [1.807, 2.05) is 40.2 Å². The molecule has 0 saturated carbocycles. The summed E-state index contributed by atoms with van der Waals surface area (Å²) < 4.78 is 10.5. The smallest absolute Gasteiger partial charge is 0.307 e. The van der Waals surface area contributed by atoms with Crippen LogP contribution in [0, 0.1) is 5.92 Å². The number of carbonyl (C=O) groups excluding carboxylic acids is 3. The SMILES string of the molecule is C=CC(C/C=C\COC(=O)CCN(CCCN(CCO)CCO)C(C)=O)CC/C=C/COC(=O)CCNCCCN(CCO)CCO. The average molecular weight is 671 g/mol. The van der Waals surface area contributed by atoms with Crippen LogP contribution in [-0.2, 0) is 23.9 Å². The van der Waals surface area contributed by atoms with Crippen molar-refractivity contribution in [2.45, 2.75) is 51.9 Å². The number of nitrogens with one attached hydrogen (secondary N) is 1. The lowest BCUT2D eigenvalue weighted by Gasteiger charge is -2.24. The number of carbonyl (C=O) groups is 3. The summed E-state index contributed by atoms with van der Waals surface area (Å²) in [4.78, 5) is 41.6. The highest BCUT2D eigenvalue weighted by molar-refractivity contribution is 5.75. The highest BCUT2D eigenvalue weighted by atomic mass is 16.5. The minimum atomic E-state index is -0.373. The second-order valence-electron chi connectivity index (χ2n) is 11.2. The molecular formula is C34H62N4O9. The fourth-order valence-electron chi connectivity index (χ4n) is 4.71. The molecule has 1 unspecified atom stereocenters. The van der Waals surface area contributed by atoms with Gasteiger partial charge in [-0.3, -0.25) is 24.2 Å². The lowest BCUT2D eigenvalue weighted by molar-refractivity contribution is -0.144. The van der Waals surface area contributed by atoms with Crippen molar-refractivity contribution in [2.24, 2.45) is 5.92 Å². The maximum absolute atomic E-state index is 12.2. The minimum Gasteiger partial charge on any atom is -0.461 e. The van der Waals surface area contributed by atoms with Crippen molar-refractivity contribution in [1.82, 2.24) is 20.0 Å². The van der Waals surface area contributed by atoms with Gasteiger partial charge in [0.2, 0.25) is 5.91 Å². The number of hydrogen-bond donors (Lipinski definition) is 5. The second-order valence-corrected chi connectivity index (χ2v) is 11.2. The Morgan fingerprint density at radius 1 is 0.702 bits per heavy atom. The van der Waals surface area contributed by atoms with Gasteiger partial charge >= 0.3 is 11.9 Å². The molecular weight excluding hydrogens is 608 g/mol. The summed E-state index contributed by atoms with van der Waals surface area (Å²) in [6.45, 7) is 11.4. The van der Waals surface area contributed by atoms with Gasteiger partial charge in [0.15, 0.2) is 0 Å². The summed E-state index contributed by atoms with van der Waals surface area (Å²) in [5, 5.41) is 39.5. The number of esters is 2. The molecule has 0 aromatic heterocycles. The molecule has 0 radical (unpaired) electrons. The summed E-state index contributed by atoms with van der Waals surface area (Å²) in [6.07, 6.45) is 13.9. The van der Waals surface area contributed by atoms with Crippen LogP contribution >= 0.6 is 0 Å². The van der Waals surface area contributed by atoms with Crippen LogP contribution in [0.1, 0.15) is 51.9 Å². The number of amides is 1. The Labute approximate surface area is 281 Å². The molecule has 0 aliphatic rings. The molecule has 0 aromatic carbocycles. The summed E-state index contributed by atoms with van der Waals surface area (Å²) in [7, 11) is 0. The van der Waals surface area contributed by atoms with Crippen LogP contribution in [0.25, 0.3) is 0 Å². The fraction of sp³-hybridized carbons (Fsp3) is 0.735. The van der Waals surface area contributed by atoms with Crippen LogP contribution in [-0.4, -0.2) is 158 Å². The monoisotopic (exact) mass is 670 g/mol. The van der Waals surface area contributed by atoms with Gasteiger partial charge in [0.05, 0.1) is 39.3 Å². The van der Waals surface area contributed by atoms with E-state index in [0.29, 0.717) is 58.7 Å². The van der Waals surface area contributed by atoms with Crippen molar-refractivity contribution in [3.05, 3.63) is 37.0 Å². The van der Waals surface area contributed by atoms with E-state index in [1.54, 1.807) is 4.90 Å². The fourth-order valence-corrected chi connectivity index (χ4v) is 4.71. The van der Waals surface area contributed by atoms with Crippen molar-refractivity contribution in [2.75, 3.05) is 105 Å². The Hall–Kier alpha value is -2.65. The van der Waals surface area contributed by atoms with E-state index in [1.165, 1.54) is 6.92 Å². The Morgan fingerprint density at radius 3 is 1.81 bits per heavy atom. The van der Waals surface area contributed by atoms with Crippen LogP contribution < -0.4 is 5.32 Å². The number of nitrogens with zero attached hydrogens (tertiary/aromatic N) is 3. The molecule has 47 heavy (non-hydrogen) atoms. The number of aliphatic hydroxyl groups is 4. The molecule has 0 aromatic rings. The predicted octanol–water partition coefficient (Wildman–Crippen LogP) is 0.729. The lowest BCUT2D eigenvalue weighted by atomic mass is 9.99. The van der Waals surface area contributed by atoms with Gasteiger partial charge in [-0.15, -0.1) is 6.58 Å². The topological polar surface area (TPSA) is 172 Å². The summed E-state index contributed by atoms with van der Waals surface area (Å²) in [6, 6.07) is 0. The van der Waals surface area contributed by atoms with Gasteiger partial charge in [-0.05, 0) is 51.1 Å². The van der Waals surface area contributed by atoms with Crippen molar-refractivity contribution >= 4 is 17.8 Å². The molecule has 1 amide bonds. The Kier molecular flexibility index (Phi) is 30.1. The van der Waals surface area contributed by atoms with E-state index in [9.17, 15) is 14.4 Å². The lowest BCUT2D eigenvalue weighted by Crippen LogP contribution is -2.36. The van der Waals surface area contributed by atoms with E-state index >= 15 is 0 Å². The van der Waals surface area contributed by atoms with Crippen LogP contribution in [0.2, 0.25) is 0 Å². The molecule has 272 valence electrons. The first-order chi connectivity index (χ1) is 22.8. The van der Waals surface area contributed by atoms with Crippen LogP contribution in [0.15, 0.2) is 37.0 Å². The Morgan fingerprint density at radius 2 is 1.26 bits per heavy atom. The number of aliphatic hydroxyl groups excluding tert-OH is 4. The third kappa shape index (κ3) is 27.0. The highest BCUT2D eigenvalue weighted by Gasteiger charge is 2.13. The van der Waals surface area contributed by atoms with Gasteiger partial charge in [0, 0.05) is 59.3 Å². The zero-order chi connectivity index (χ0) is 35.0. The molecule has 0 heterocycles. The minimum absolute atomic E-state index is 0.00576. The first-order valence-corrected chi connectivity index (χ1v) is 16.9. The zero-order valence-electron chi connectivity index (χ0n) is 28.6. The van der Waals surface area contributed by atoms with E-state index in [-0.39, 0.29) is 76.4 Å². The van der Waals surface area contributed by atoms with E-state index in [2.05, 4.69) is 11.9 Å². The van der Waals surface area contributed by atoms with Crippen molar-refractivity contribution in [1.29, 1.82) is 0 Å². The summed E-state index contributed by atoms with van der Waals surface area (Å²) in [5.41, 5.74) is 0. The van der Waals surface area contributed by atoms with E-state index in [0.717, 1.165) is 38.8 Å². The number of ether oxygens (including phenoxy) is 2. The van der Waals surface area contributed by atoms with E-state index in [4.69, 9.17) is 29.9 Å². The Bertz CT molecular complexity index is 861. The predicted molar refractivity (Wildman–Crippen MR) is 183 cm³/mol. The van der Waals surface area contributed by atoms with Crippen molar-refractivity contribution in [3.63, 3.8) is 0 Å². The maximum Gasteiger partial charge on any atom is 0.307 e. The molecule has 0 bridgehead atoms. The van der Waals surface area contributed by atoms with Gasteiger partial charge in [-0.1, -0.05) is 30.4 Å². The van der Waals surface area contributed by atoms with Crippen LogP contribution in [0.3, 0.4) is 0 Å². The summed E-state index contributed by atoms with van der Waals surface area (Å²) >= 11 is 0. The molecule has 5 N–H and O–H groups in total. The molecule has 0 aliphatic heterocycles. The number of hydrogen-bond acceptors (Lipinski definition) is 12. The van der Waals surface area contributed by atoms with E-state index < -0.39 is 0 Å². The number of rotatable bonds is 32. The standard InChI is InChI=1S/C34H62N4O9/c1-3-32(11-5-4-7-29-46-33(44)13-16-35-15-9-17-36(21-25-39)22-26-40)12-6-8-30-47-34(45)14-20-38(31(2)43)19-10-18-37(23-27-41)24-28-42/h3-4,6-8,32,35,39-42H,1,5,9-30H2,2H3/b7-4+,8-6-. The van der Waals surface area contributed by atoms with Gasteiger partial charge in [0.25, 0.3) is 0 Å². The molecule has 1 atom stereocenters. The van der Waals surface area contributed by atoms with Gasteiger partial charge in [0.1, 0.15) is 13.2 Å². The van der Waals surface area contributed by atoms with Gasteiger partial charge in [-0.2, -0.15) is 0 Å². The van der Waals surface area contributed by atoms with Crippen molar-refractivity contribution in [3.8, 4) is 0 Å². The highest BCUT2D eigenvalue weighted by Crippen LogP contribution is 2.13. The first-order valence-electron chi connectivity index (χ1n) is 16.9.